The Bertz CT molecular complexity index is 401. The number of aryl methyl sites for hydroxylation is 2. The van der Waals surface area contributed by atoms with Crippen molar-refractivity contribution in [3.05, 3.63) is 45.3 Å². The molecule has 1 aromatic rings. The van der Waals surface area contributed by atoms with Gasteiger partial charge in [-0.15, -0.1) is 0 Å². The fourth-order valence-electron chi connectivity index (χ4n) is 1.80. The van der Waals surface area contributed by atoms with E-state index in [9.17, 15) is 0 Å². The van der Waals surface area contributed by atoms with Crippen LogP contribution in [0.25, 0.3) is 10.4 Å². The summed E-state index contributed by atoms with van der Waals surface area (Å²) in [7, 11) is 0. The minimum atomic E-state index is -0.467. The average molecular weight is 203 g/mol. The summed E-state index contributed by atoms with van der Waals surface area (Å²) in [6.07, 6.45) is 1.03. The lowest BCUT2D eigenvalue weighted by Crippen LogP contribution is -2.14. The zero-order valence-corrected chi connectivity index (χ0v) is 9.78. The molecule has 0 fully saturated rings. The van der Waals surface area contributed by atoms with Crippen LogP contribution in [-0.2, 0) is 12.0 Å². The van der Waals surface area contributed by atoms with Crippen LogP contribution in [0.2, 0.25) is 0 Å². The van der Waals surface area contributed by atoms with E-state index in [-0.39, 0.29) is 0 Å². The molecule has 1 aromatic carbocycles. The van der Waals surface area contributed by atoms with Crippen molar-refractivity contribution in [2.45, 2.75) is 39.7 Å². The van der Waals surface area contributed by atoms with Gasteiger partial charge >= 0.3 is 0 Å². The highest BCUT2D eigenvalue weighted by atomic mass is 15.2. The Morgan fingerprint density at radius 1 is 1.40 bits per heavy atom. The van der Waals surface area contributed by atoms with Gasteiger partial charge < -0.3 is 0 Å². The van der Waals surface area contributed by atoms with E-state index >= 15 is 0 Å². The van der Waals surface area contributed by atoms with E-state index in [4.69, 9.17) is 5.53 Å². The van der Waals surface area contributed by atoms with Crippen molar-refractivity contribution in [1.82, 2.24) is 0 Å². The van der Waals surface area contributed by atoms with E-state index in [2.05, 4.69) is 42.1 Å². The predicted octanol–water partition coefficient (Wildman–Crippen LogP) is 4.10. The Kier molecular flexibility index (Phi) is 3.38. The summed E-state index contributed by atoms with van der Waals surface area (Å²) in [6.45, 7) is 8.05. The van der Waals surface area contributed by atoms with E-state index in [0.717, 1.165) is 12.0 Å². The largest absolute Gasteiger partial charge is 0.0831 e. The van der Waals surface area contributed by atoms with Gasteiger partial charge in [0.15, 0.2) is 0 Å². The second kappa shape index (κ2) is 4.37. The molecule has 0 aliphatic carbocycles. The summed E-state index contributed by atoms with van der Waals surface area (Å²) in [6, 6.07) is 6.31. The molecule has 0 aliphatic rings. The summed E-state index contributed by atoms with van der Waals surface area (Å²) in [5.74, 6) is 0. The second-order valence-corrected chi connectivity index (χ2v) is 4.25. The molecule has 0 bridgehead atoms. The minimum Gasteiger partial charge on any atom is -0.0831 e. The van der Waals surface area contributed by atoms with E-state index in [1.165, 1.54) is 11.1 Å². The van der Waals surface area contributed by atoms with Crippen LogP contribution in [0, 0.1) is 6.92 Å². The highest BCUT2D eigenvalue weighted by Gasteiger charge is 2.20. The van der Waals surface area contributed by atoms with Gasteiger partial charge in [-0.25, -0.2) is 0 Å². The standard InChI is InChI=1S/C12H17N3/c1-5-10-6-7-11(9(2)8-10)12(3,4)14-15-13/h6-8H,5H2,1-4H3. The smallest absolute Gasteiger partial charge is 0.0684 e. The number of hydrogen-bond donors (Lipinski definition) is 0. The van der Waals surface area contributed by atoms with Gasteiger partial charge in [-0.2, -0.15) is 0 Å². The predicted molar refractivity (Wildman–Crippen MR) is 62.7 cm³/mol. The molecule has 0 aliphatic heterocycles. The maximum Gasteiger partial charge on any atom is 0.0684 e. The lowest BCUT2D eigenvalue weighted by atomic mass is 9.90. The zero-order chi connectivity index (χ0) is 11.5. The maximum atomic E-state index is 8.51. The molecular weight excluding hydrogens is 186 g/mol. The Morgan fingerprint density at radius 3 is 2.53 bits per heavy atom. The van der Waals surface area contributed by atoms with E-state index in [1.54, 1.807) is 0 Å². The molecule has 0 atom stereocenters. The Labute approximate surface area is 90.8 Å². The zero-order valence-electron chi connectivity index (χ0n) is 9.78. The van der Waals surface area contributed by atoms with Crippen LogP contribution in [0.4, 0.5) is 0 Å². The fourth-order valence-corrected chi connectivity index (χ4v) is 1.80. The van der Waals surface area contributed by atoms with Crippen LogP contribution in [0.5, 0.6) is 0 Å². The highest BCUT2D eigenvalue weighted by Crippen LogP contribution is 2.28. The lowest BCUT2D eigenvalue weighted by molar-refractivity contribution is 0.546. The first-order chi connectivity index (χ1) is 7.01. The van der Waals surface area contributed by atoms with Crippen LogP contribution >= 0.6 is 0 Å². The molecule has 0 unspecified atom stereocenters. The van der Waals surface area contributed by atoms with Crippen LogP contribution in [0.1, 0.15) is 37.5 Å². The van der Waals surface area contributed by atoms with Crippen molar-refractivity contribution >= 4 is 0 Å². The molecular formula is C12H17N3. The summed E-state index contributed by atoms with van der Waals surface area (Å²) >= 11 is 0. The summed E-state index contributed by atoms with van der Waals surface area (Å²) in [5.41, 5.74) is 11.6. The quantitative estimate of drug-likeness (QED) is 0.403. The molecule has 0 saturated heterocycles. The summed E-state index contributed by atoms with van der Waals surface area (Å²) < 4.78 is 0. The number of hydrogen-bond acceptors (Lipinski definition) is 1. The minimum absolute atomic E-state index is 0.467. The van der Waals surface area contributed by atoms with Crippen molar-refractivity contribution in [2.75, 3.05) is 0 Å². The second-order valence-electron chi connectivity index (χ2n) is 4.25. The van der Waals surface area contributed by atoms with Crippen LogP contribution in [-0.4, -0.2) is 0 Å². The van der Waals surface area contributed by atoms with Crippen LogP contribution in [0.3, 0.4) is 0 Å². The normalized spacial score (nSPS) is 10.9. The molecule has 3 nitrogen and oxygen atoms in total. The molecule has 0 N–H and O–H groups in total. The first-order valence-electron chi connectivity index (χ1n) is 5.17. The van der Waals surface area contributed by atoms with Gasteiger partial charge in [0, 0.05) is 4.91 Å². The van der Waals surface area contributed by atoms with E-state index in [1.807, 2.05) is 13.8 Å². The van der Waals surface area contributed by atoms with Gasteiger partial charge in [0.05, 0.1) is 5.54 Å². The van der Waals surface area contributed by atoms with Crippen molar-refractivity contribution in [2.24, 2.45) is 5.11 Å². The molecule has 3 heteroatoms. The number of rotatable bonds is 3. The molecule has 0 amide bonds. The van der Waals surface area contributed by atoms with Crippen molar-refractivity contribution in [1.29, 1.82) is 0 Å². The van der Waals surface area contributed by atoms with Crippen molar-refractivity contribution in [3.8, 4) is 0 Å². The first-order valence-corrected chi connectivity index (χ1v) is 5.17. The van der Waals surface area contributed by atoms with Gasteiger partial charge in [-0.3, -0.25) is 0 Å². The van der Waals surface area contributed by atoms with Crippen LogP contribution < -0.4 is 0 Å². The molecule has 0 aromatic heterocycles. The molecule has 1 rings (SSSR count). The molecule has 80 valence electrons. The topological polar surface area (TPSA) is 48.8 Å². The Hall–Kier alpha value is -1.47. The van der Waals surface area contributed by atoms with Gasteiger partial charge in [0.2, 0.25) is 0 Å². The van der Waals surface area contributed by atoms with Gasteiger partial charge in [-0.1, -0.05) is 44.1 Å². The van der Waals surface area contributed by atoms with E-state index < -0.39 is 5.54 Å². The van der Waals surface area contributed by atoms with Gasteiger partial charge in [0.1, 0.15) is 0 Å². The van der Waals surface area contributed by atoms with Crippen molar-refractivity contribution in [3.63, 3.8) is 0 Å². The molecule has 15 heavy (non-hydrogen) atoms. The number of azide groups is 1. The third-order valence-corrected chi connectivity index (χ3v) is 2.65. The monoisotopic (exact) mass is 203 g/mol. The highest BCUT2D eigenvalue weighted by molar-refractivity contribution is 5.35. The van der Waals surface area contributed by atoms with Crippen LogP contribution in [0.15, 0.2) is 23.3 Å². The fraction of sp³-hybridized carbons (Fsp3) is 0.500. The van der Waals surface area contributed by atoms with Crippen molar-refractivity contribution < 1.29 is 0 Å². The molecule has 0 heterocycles. The third-order valence-electron chi connectivity index (χ3n) is 2.65. The van der Waals surface area contributed by atoms with Gasteiger partial charge in [0.25, 0.3) is 0 Å². The maximum absolute atomic E-state index is 8.51. The number of benzene rings is 1. The van der Waals surface area contributed by atoms with E-state index in [0.29, 0.717) is 0 Å². The Balaban J connectivity index is 3.21. The summed E-state index contributed by atoms with van der Waals surface area (Å²) in [5, 5.41) is 3.82. The molecule has 0 saturated carbocycles. The molecule has 0 radical (unpaired) electrons. The van der Waals surface area contributed by atoms with Gasteiger partial charge in [-0.05, 0) is 35.6 Å². The lowest BCUT2D eigenvalue weighted by Gasteiger charge is -2.21. The Morgan fingerprint density at radius 2 is 2.07 bits per heavy atom. The third kappa shape index (κ3) is 2.51. The first kappa shape index (κ1) is 11.6. The molecule has 0 spiro atoms. The summed E-state index contributed by atoms with van der Waals surface area (Å²) in [4.78, 5) is 2.89. The average Bonchev–Trinajstić information content (AvgIpc) is 2.17. The number of nitrogens with zero attached hydrogens (tertiary/aromatic N) is 3. The SMILES string of the molecule is CCc1ccc(C(C)(C)N=[N+]=[N-])c(C)c1.